The van der Waals surface area contributed by atoms with Crippen LogP contribution in [0.4, 0.5) is 8.78 Å². The van der Waals surface area contributed by atoms with Gasteiger partial charge in [-0.15, -0.1) is 0 Å². The fourth-order valence-electron chi connectivity index (χ4n) is 2.13. The number of aromatic carboxylic acids is 1. The molecule has 2 rings (SSSR count). The molecule has 1 aliphatic rings. The Hall–Kier alpha value is -1.54. The first-order valence-electron chi connectivity index (χ1n) is 5.92. The van der Waals surface area contributed by atoms with Gasteiger partial charge in [0.2, 0.25) is 10.0 Å². The van der Waals surface area contributed by atoms with Crippen molar-refractivity contribution in [3.63, 3.8) is 0 Å². The van der Waals surface area contributed by atoms with Gasteiger partial charge in [0, 0.05) is 5.54 Å². The number of rotatable bonds is 4. The summed E-state index contributed by atoms with van der Waals surface area (Å²) in [5, 5.41) is 8.73. The molecular formula is C12H13F2NO4S. The van der Waals surface area contributed by atoms with Gasteiger partial charge in [-0.3, -0.25) is 0 Å². The van der Waals surface area contributed by atoms with Crippen LogP contribution in [0.2, 0.25) is 0 Å². The van der Waals surface area contributed by atoms with Crippen LogP contribution in [0.3, 0.4) is 0 Å². The molecule has 0 heterocycles. The Morgan fingerprint density at radius 3 is 2.40 bits per heavy atom. The molecule has 0 atom stereocenters. The van der Waals surface area contributed by atoms with Crippen molar-refractivity contribution in [3.8, 4) is 0 Å². The van der Waals surface area contributed by atoms with Crippen molar-refractivity contribution in [3.05, 3.63) is 29.3 Å². The molecule has 1 aromatic carbocycles. The lowest BCUT2D eigenvalue weighted by atomic mass is 9.80. The lowest BCUT2D eigenvalue weighted by molar-refractivity contribution is 0.0685. The van der Waals surface area contributed by atoms with E-state index in [4.69, 9.17) is 5.11 Å². The van der Waals surface area contributed by atoms with E-state index in [0.717, 1.165) is 12.5 Å². The molecule has 110 valence electrons. The minimum Gasteiger partial charge on any atom is -0.477 e. The van der Waals surface area contributed by atoms with Gasteiger partial charge >= 0.3 is 5.97 Å². The highest BCUT2D eigenvalue weighted by atomic mass is 32.2. The minimum absolute atomic E-state index is 0.612. The van der Waals surface area contributed by atoms with E-state index in [1.807, 2.05) is 0 Å². The summed E-state index contributed by atoms with van der Waals surface area (Å²) >= 11 is 0. The maximum absolute atomic E-state index is 13.9. The number of halogens is 2. The van der Waals surface area contributed by atoms with Crippen LogP contribution in [-0.2, 0) is 10.0 Å². The molecular weight excluding hydrogens is 292 g/mol. The van der Waals surface area contributed by atoms with Gasteiger partial charge in [-0.25, -0.2) is 26.7 Å². The summed E-state index contributed by atoms with van der Waals surface area (Å²) in [5.74, 6) is -4.76. The topological polar surface area (TPSA) is 83.5 Å². The molecule has 0 spiro atoms. The fraction of sp³-hybridized carbons (Fsp3) is 0.417. The van der Waals surface area contributed by atoms with Gasteiger partial charge in [0.05, 0.1) is 0 Å². The molecule has 0 aliphatic heterocycles. The number of carboxylic acids is 1. The molecule has 0 radical (unpaired) electrons. The Balaban J connectivity index is 2.47. The Bertz CT molecular complexity index is 668. The van der Waals surface area contributed by atoms with E-state index in [-0.39, 0.29) is 0 Å². The van der Waals surface area contributed by atoms with Crippen LogP contribution in [0, 0.1) is 11.6 Å². The average Bonchev–Trinajstić information content (AvgIpc) is 2.25. The standard InChI is InChI=1S/C12H13F2NO4S/c1-12(5-2-6-12)15-20(18,19)8-4-3-7(13)9(10(8)14)11(16)17/h3-4,15H,2,5-6H2,1H3,(H,16,17). The Morgan fingerprint density at radius 2 is 1.95 bits per heavy atom. The Labute approximate surface area is 114 Å². The first kappa shape index (κ1) is 14.9. The SMILES string of the molecule is CC1(NS(=O)(=O)c2ccc(F)c(C(=O)O)c2F)CCC1. The molecule has 0 saturated heterocycles. The third-order valence-corrected chi connectivity index (χ3v) is 5.05. The minimum atomic E-state index is -4.24. The lowest BCUT2D eigenvalue weighted by Crippen LogP contribution is -2.50. The predicted octanol–water partition coefficient (Wildman–Crippen LogP) is 1.88. The van der Waals surface area contributed by atoms with Crippen LogP contribution in [0.15, 0.2) is 17.0 Å². The summed E-state index contributed by atoms with van der Waals surface area (Å²) in [5.41, 5.74) is -1.94. The van der Waals surface area contributed by atoms with Crippen LogP contribution in [0.25, 0.3) is 0 Å². The molecule has 1 aromatic rings. The number of nitrogens with one attached hydrogen (secondary N) is 1. The smallest absolute Gasteiger partial charge is 0.341 e. The van der Waals surface area contributed by atoms with Crippen LogP contribution in [0.5, 0.6) is 0 Å². The zero-order valence-corrected chi connectivity index (χ0v) is 11.4. The normalized spacial score (nSPS) is 17.6. The zero-order chi connectivity index (χ0) is 15.1. The first-order valence-corrected chi connectivity index (χ1v) is 7.40. The molecule has 1 saturated carbocycles. The summed E-state index contributed by atoms with van der Waals surface area (Å²) in [7, 11) is -4.24. The van der Waals surface area contributed by atoms with E-state index in [1.165, 1.54) is 0 Å². The second kappa shape index (κ2) is 4.78. The van der Waals surface area contributed by atoms with Gasteiger partial charge in [0.15, 0.2) is 5.82 Å². The summed E-state index contributed by atoms with van der Waals surface area (Å²) in [6.07, 6.45) is 2.08. The van der Waals surface area contributed by atoms with Gasteiger partial charge in [-0.2, -0.15) is 0 Å². The van der Waals surface area contributed by atoms with Crippen molar-refractivity contribution in [1.29, 1.82) is 0 Å². The van der Waals surface area contributed by atoms with Gasteiger partial charge in [0.1, 0.15) is 16.3 Å². The largest absolute Gasteiger partial charge is 0.477 e. The van der Waals surface area contributed by atoms with Crippen LogP contribution >= 0.6 is 0 Å². The maximum atomic E-state index is 13.9. The predicted molar refractivity (Wildman–Crippen MR) is 65.9 cm³/mol. The number of hydrogen-bond donors (Lipinski definition) is 2. The molecule has 1 aliphatic carbocycles. The molecule has 0 unspecified atom stereocenters. The van der Waals surface area contributed by atoms with Crippen molar-refractivity contribution < 1.29 is 27.1 Å². The second-order valence-electron chi connectivity index (χ2n) is 5.06. The number of carbonyl (C=O) groups is 1. The maximum Gasteiger partial charge on any atom is 0.341 e. The average molecular weight is 305 g/mol. The summed E-state index contributed by atoms with van der Waals surface area (Å²) in [6.45, 7) is 1.67. The van der Waals surface area contributed by atoms with Crippen molar-refractivity contribution in [2.45, 2.75) is 36.6 Å². The third-order valence-electron chi connectivity index (χ3n) is 3.40. The fourth-order valence-corrected chi connectivity index (χ4v) is 3.67. The molecule has 5 nitrogen and oxygen atoms in total. The molecule has 0 amide bonds. The second-order valence-corrected chi connectivity index (χ2v) is 6.71. The molecule has 1 fully saturated rings. The van der Waals surface area contributed by atoms with E-state index >= 15 is 0 Å². The molecule has 20 heavy (non-hydrogen) atoms. The Kier molecular flexibility index (Phi) is 3.55. The van der Waals surface area contributed by atoms with Gasteiger partial charge < -0.3 is 5.11 Å². The molecule has 2 N–H and O–H groups in total. The third kappa shape index (κ3) is 2.53. The monoisotopic (exact) mass is 305 g/mol. The van der Waals surface area contributed by atoms with Gasteiger partial charge in [0.25, 0.3) is 0 Å². The molecule has 8 heteroatoms. The zero-order valence-electron chi connectivity index (χ0n) is 10.6. The van der Waals surface area contributed by atoms with E-state index in [0.29, 0.717) is 18.9 Å². The highest BCUT2D eigenvalue weighted by molar-refractivity contribution is 7.89. The summed E-state index contributed by atoms with van der Waals surface area (Å²) in [6, 6.07) is 1.35. The number of benzene rings is 1. The summed E-state index contributed by atoms with van der Waals surface area (Å²) in [4.78, 5) is 9.92. The number of sulfonamides is 1. The van der Waals surface area contributed by atoms with Crippen molar-refractivity contribution >= 4 is 16.0 Å². The molecule has 0 bridgehead atoms. The van der Waals surface area contributed by atoms with E-state index in [2.05, 4.69) is 4.72 Å². The highest BCUT2D eigenvalue weighted by Crippen LogP contribution is 2.33. The van der Waals surface area contributed by atoms with Gasteiger partial charge in [-0.1, -0.05) is 0 Å². The van der Waals surface area contributed by atoms with Crippen LogP contribution in [0.1, 0.15) is 36.5 Å². The quantitative estimate of drug-likeness (QED) is 0.889. The summed E-state index contributed by atoms with van der Waals surface area (Å²) < 4.78 is 53.7. The highest BCUT2D eigenvalue weighted by Gasteiger charge is 2.38. The molecule has 0 aromatic heterocycles. The van der Waals surface area contributed by atoms with E-state index in [1.54, 1.807) is 6.92 Å². The Morgan fingerprint density at radius 1 is 1.35 bits per heavy atom. The van der Waals surface area contributed by atoms with Crippen molar-refractivity contribution in [2.24, 2.45) is 0 Å². The van der Waals surface area contributed by atoms with E-state index < -0.39 is 43.6 Å². The number of carboxylic acid groups (broad SMARTS) is 1. The van der Waals surface area contributed by atoms with Gasteiger partial charge in [-0.05, 0) is 38.3 Å². The lowest BCUT2D eigenvalue weighted by Gasteiger charge is -2.38. The number of hydrogen-bond acceptors (Lipinski definition) is 3. The van der Waals surface area contributed by atoms with Crippen LogP contribution in [-0.4, -0.2) is 25.0 Å². The first-order chi connectivity index (χ1) is 9.16. The van der Waals surface area contributed by atoms with Crippen LogP contribution < -0.4 is 4.72 Å². The van der Waals surface area contributed by atoms with Crippen molar-refractivity contribution in [2.75, 3.05) is 0 Å². The van der Waals surface area contributed by atoms with Crippen molar-refractivity contribution in [1.82, 2.24) is 4.72 Å². The van der Waals surface area contributed by atoms with E-state index in [9.17, 15) is 22.0 Å².